The fraction of sp³-hybridized carbons (Fsp3) is 0.100. The number of aromatic nitrogens is 2. The third kappa shape index (κ3) is 3.21. The first-order valence-corrected chi connectivity index (χ1v) is 4.85. The number of alkyl halides is 3. The van der Waals surface area contributed by atoms with E-state index in [1.165, 1.54) is 12.1 Å². The second-order valence-corrected chi connectivity index (χ2v) is 3.36. The number of rotatable bonds is 3. The van der Waals surface area contributed by atoms with Crippen LogP contribution in [0.4, 0.5) is 13.2 Å². The molecule has 1 amide bonds. The monoisotopic (exact) mass is 273 g/mol. The Kier molecular flexibility index (Phi) is 3.11. The minimum atomic E-state index is -4.76. The molecule has 1 heterocycles. The van der Waals surface area contributed by atoms with Crippen molar-refractivity contribution in [3.8, 4) is 17.1 Å². The molecule has 0 aliphatic heterocycles. The molecule has 2 N–H and O–H groups in total. The van der Waals surface area contributed by atoms with Gasteiger partial charge in [-0.15, -0.1) is 13.2 Å². The Labute approximate surface area is 104 Å². The Morgan fingerprint density at radius 3 is 2.37 bits per heavy atom. The van der Waals surface area contributed by atoms with Crippen molar-refractivity contribution >= 4 is 5.91 Å². The molecule has 0 aliphatic carbocycles. The lowest BCUT2D eigenvalue weighted by atomic mass is 10.2. The number of hydrogen-bond donors (Lipinski definition) is 1. The van der Waals surface area contributed by atoms with Gasteiger partial charge in [-0.1, -0.05) is 5.16 Å². The van der Waals surface area contributed by atoms with Gasteiger partial charge in [0.15, 0.2) is 0 Å². The van der Waals surface area contributed by atoms with Gasteiger partial charge in [0.2, 0.25) is 5.82 Å². The molecule has 100 valence electrons. The molecule has 2 rings (SSSR count). The van der Waals surface area contributed by atoms with Crippen LogP contribution in [-0.2, 0) is 0 Å². The summed E-state index contributed by atoms with van der Waals surface area (Å²) in [5.41, 5.74) is 5.27. The molecule has 0 aliphatic rings. The Morgan fingerprint density at radius 1 is 1.26 bits per heavy atom. The smallest absolute Gasteiger partial charge is 0.406 e. The molecular weight excluding hydrogens is 267 g/mol. The van der Waals surface area contributed by atoms with Crippen molar-refractivity contribution in [1.82, 2.24) is 10.1 Å². The number of carbonyl (C=O) groups excluding carboxylic acids is 1. The van der Waals surface area contributed by atoms with Gasteiger partial charge in [-0.3, -0.25) is 4.79 Å². The lowest BCUT2D eigenvalue weighted by Crippen LogP contribution is -2.16. The highest BCUT2D eigenvalue weighted by Crippen LogP contribution is 2.25. The van der Waals surface area contributed by atoms with Crippen molar-refractivity contribution < 1.29 is 27.2 Å². The fourth-order valence-corrected chi connectivity index (χ4v) is 1.25. The van der Waals surface area contributed by atoms with Crippen LogP contribution in [0.5, 0.6) is 5.75 Å². The van der Waals surface area contributed by atoms with E-state index >= 15 is 0 Å². The molecule has 0 bridgehead atoms. The van der Waals surface area contributed by atoms with Gasteiger partial charge in [0.05, 0.1) is 0 Å². The number of ether oxygens (including phenoxy) is 1. The Bertz CT molecular complexity index is 592. The highest BCUT2D eigenvalue weighted by molar-refractivity contribution is 5.88. The van der Waals surface area contributed by atoms with Gasteiger partial charge in [-0.25, -0.2) is 0 Å². The molecule has 0 fully saturated rings. The molecule has 6 nitrogen and oxygen atoms in total. The summed E-state index contributed by atoms with van der Waals surface area (Å²) in [4.78, 5) is 14.4. The van der Waals surface area contributed by atoms with Crippen LogP contribution in [0.3, 0.4) is 0 Å². The van der Waals surface area contributed by atoms with Crippen molar-refractivity contribution in [2.24, 2.45) is 5.73 Å². The quantitative estimate of drug-likeness (QED) is 0.919. The van der Waals surface area contributed by atoms with Gasteiger partial charge < -0.3 is 15.0 Å². The van der Waals surface area contributed by atoms with Crippen LogP contribution in [0.2, 0.25) is 0 Å². The summed E-state index contributed by atoms with van der Waals surface area (Å²) in [5, 5.41) is 3.46. The summed E-state index contributed by atoms with van der Waals surface area (Å²) in [7, 11) is 0. The zero-order valence-corrected chi connectivity index (χ0v) is 9.14. The number of hydrogen-bond acceptors (Lipinski definition) is 5. The number of carbonyl (C=O) groups is 1. The van der Waals surface area contributed by atoms with Gasteiger partial charge in [0.1, 0.15) is 5.75 Å². The van der Waals surface area contributed by atoms with Crippen molar-refractivity contribution in [3.05, 3.63) is 30.2 Å². The highest BCUT2D eigenvalue weighted by Gasteiger charge is 2.31. The second-order valence-electron chi connectivity index (χ2n) is 3.36. The average molecular weight is 273 g/mol. The second kappa shape index (κ2) is 4.59. The molecule has 2 aromatic rings. The van der Waals surface area contributed by atoms with Gasteiger partial charge in [0.25, 0.3) is 0 Å². The first-order valence-electron chi connectivity index (χ1n) is 4.85. The number of primary amides is 1. The molecule has 0 radical (unpaired) electrons. The first-order chi connectivity index (χ1) is 8.85. The molecule has 19 heavy (non-hydrogen) atoms. The predicted molar refractivity (Wildman–Crippen MR) is 54.9 cm³/mol. The Hall–Kier alpha value is -2.58. The topological polar surface area (TPSA) is 91.2 Å². The molecule has 1 aromatic carbocycles. The molecular formula is C10H6F3N3O3. The maximum absolute atomic E-state index is 11.9. The first kappa shape index (κ1) is 12.9. The molecule has 0 saturated carbocycles. The van der Waals surface area contributed by atoms with Crippen molar-refractivity contribution in [2.75, 3.05) is 0 Å². The van der Waals surface area contributed by atoms with Crippen LogP contribution < -0.4 is 10.5 Å². The van der Waals surface area contributed by atoms with Crippen molar-refractivity contribution in [3.63, 3.8) is 0 Å². The summed E-state index contributed by atoms with van der Waals surface area (Å²) in [6, 6.07) is 4.75. The third-order valence-electron chi connectivity index (χ3n) is 1.98. The van der Waals surface area contributed by atoms with E-state index in [-0.39, 0.29) is 17.5 Å². The zero-order valence-electron chi connectivity index (χ0n) is 9.14. The molecule has 0 atom stereocenters. The van der Waals surface area contributed by atoms with Crippen LogP contribution in [0.15, 0.2) is 28.8 Å². The molecule has 0 saturated heterocycles. The van der Waals surface area contributed by atoms with Crippen LogP contribution in [-0.4, -0.2) is 22.4 Å². The van der Waals surface area contributed by atoms with Gasteiger partial charge in [-0.2, -0.15) is 4.98 Å². The summed E-state index contributed by atoms with van der Waals surface area (Å²) in [5.74, 6) is -1.62. The lowest BCUT2D eigenvalue weighted by Gasteiger charge is -2.08. The SMILES string of the molecule is NC(=O)c1nc(-c2ccc(OC(F)(F)F)cc2)no1. The molecule has 0 spiro atoms. The number of benzene rings is 1. The molecule has 0 unspecified atom stereocenters. The fourth-order valence-electron chi connectivity index (χ4n) is 1.25. The summed E-state index contributed by atoms with van der Waals surface area (Å²) < 4.78 is 44.1. The molecule has 9 heteroatoms. The van der Waals surface area contributed by atoms with E-state index in [1.807, 2.05) is 0 Å². The van der Waals surface area contributed by atoms with Gasteiger partial charge >= 0.3 is 18.2 Å². The van der Waals surface area contributed by atoms with Crippen LogP contribution in [0.1, 0.15) is 10.7 Å². The minimum absolute atomic E-state index is 0.0346. The number of halogens is 3. The van der Waals surface area contributed by atoms with Crippen LogP contribution >= 0.6 is 0 Å². The van der Waals surface area contributed by atoms with E-state index in [0.29, 0.717) is 5.56 Å². The lowest BCUT2D eigenvalue weighted by molar-refractivity contribution is -0.274. The largest absolute Gasteiger partial charge is 0.573 e. The Morgan fingerprint density at radius 2 is 1.89 bits per heavy atom. The molecule has 1 aromatic heterocycles. The van der Waals surface area contributed by atoms with E-state index in [1.54, 1.807) is 0 Å². The maximum Gasteiger partial charge on any atom is 0.573 e. The maximum atomic E-state index is 11.9. The summed E-state index contributed by atoms with van der Waals surface area (Å²) >= 11 is 0. The highest BCUT2D eigenvalue weighted by atomic mass is 19.4. The van der Waals surface area contributed by atoms with Crippen LogP contribution in [0, 0.1) is 0 Å². The van der Waals surface area contributed by atoms with Crippen LogP contribution in [0.25, 0.3) is 11.4 Å². The summed E-state index contributed by atoms with van der Waals surface area (Å²) in [6.45, 7) is 0. The zero-order chi connectivity index (χ0) is 14.0. The summed E-state index contributed by atoms with van der Waals surface area (Å²) in [6.07, 6.45) is -4.76. The van der Waals surface area contributed by atoms with E-state index < -0.39 is 12.3 Å². The number of nitrogens with zero attached hydrogens (tertiary/aromatic N) is 2. The third-order valence-corrected chi connectivity index (χ3v) is 1.98. The standard InChI is InChI=1S/C10H6F3N3O3/c11-10(12,13)18-6-3-1-5(2-4-6)8-15-9(7(14)17)19-16-8/h1-4H,(H2,14,17). The van der Waals surface area contributed by atoms with E-state index in [0.717, 1.165) is 12.1 Å². The minimum Gasteiger partial charge on any atom is -0.406 e. The Balaban J connectivity index is 2.20. The van der Waals surface area contributed by atoms with Gasteiger partial charge in [-0.05, 0) is 24.3 Å². The van der Waals surface area contributed by atoms with Gasteiger partial charge in [0, 0.05) is 5.56 Å². The van der Waals surface area contributed by atoms with E-state index in [2.05, 4.69) is 19.4 Å². The number of nitrogens with two attached hydrogens (primary N) is 1. The number of amides is 1. The normalized spacial score (nSPS) is 11.3. The predicted octanol–water partition coefficient (Wildman–Crippen LogP) is 1.73. The van der Waals surface area contributed by atoms with Crippen molar-refractivity contribution in [1.29, 1.82) is 0 Å². The van der Waals surface area contributed by atoms with Crippen molar-refractivity contribution in [2.45, 2.75) is 6.36 Å². The average Bonchev–Trinajstić information content (AvgIpc) is 2.77. The van der Waals surface area contributed by atoms with E-state index in [4.69, 9.17) is 5.73 Å². The van der Waals surface area contributed by atoms with E-state index in [9.17, 15) is 18.0 Å².